The standard InChI is InChI=1S/C15H16BrN3O2/c1-9-7-10(3-5-12(9)19-17)15(20)18-13-8-11(16)4-6-14(13)21-2/h3-8,19H,17H2,1-2H3,(H,18,20). The van der Waals surface area contributed by atoms with Crippen molar-refractivity contribution in [2.24, 2.45) is 5.84 Å². The van der Waals surface area contributed by atoms with Crippen molar-refractivity contribution in [2.45, 2.75) is 6.92 Å². The minimum absolute atomic E-state index is 0.210. The van der Waals surface area contributed by atoms with Crippen LogP contribution < -0.4 is 21.3 Å². The van der Waals surface area contributed by atoms with E-state index in [0.717, 1.165) is 15.7 Å². The minimum Gasteiger partial charge on any atom is -0.495 e. The van der Waals surface area contributed by atoms with Crippen molar-refractivity contribution in [1.82, 2.24) is 0 Å². The fourth-order valence-corrected chi connectivity index (χ4v) is 2.30. The number of rotatable bonds is 4. The SMILES string of the molecule is COc1ccc(Br)cc1NC(=O)c1ccc(NN)c(C)c1. The Kier molecular flexibility index (Phi) is 4.82. The van der Waals surface area contributed by atoms with E-state index in [9.17, 15) is 4.79 Å². The molecule has 5 nitrogen and oxygen atoms in total. The number of carbonyl (C=O) groups excluding carboxylic acids is 1. The van der Waals surface area contributed by atoms with Gasteiger partial charge >= 0.3 is 0 Å². The van der Waals surface area contributed by atoms with Crippen molar-refractivity contribution in [3.8, 4) is 5.75 Å². The molecule has 0 saturated heterocycles. The number of carbonyl (C=O) groups is 1. The Hall–Kier alpha value is -2.05. The molecule has 0 fully saturated rings. The number of ether oxygens (including phenoxy) is 1. The van der Waals surface area contributed by atoms with Crippen LogP contribution in [0.5, 0.6) is 5.75 Å². The first-order chi connectivity index (χ1) is 10.0. The van der Waals surface area contributed by atoms with Crippen LogP contribution in [0.3, 0.4) is 0 Å². The molecule has 0 bridgehead atoms. The third kappa shape index (κ3) is 3.53. The monoisotopic (exact) mass is 349 g/mol. The van der Waals surface area contributed by atoms with E-state index in [-0.39, 0.29) is 5.91 Å². The molecule has 21 heavy (non-hydrogen) atoms. The molecule has 4 N–H and O–H groups in total. The second-order valence-corrected chi connectivity index (χ2v) is 5.39. The number of hydrogen-bond acceptors (Lipinski definition) is 4. The lowest BCUT2D eigenvalue weighted by atomic mass is 10.1. The Labute approximate surface area is 131 Å². The molecule has 6 heteroatoms. The summed E-state index contributed by atoms with van der Waals surface area (Å²) >= 11 is 3.37. The van der Waals surface area contributed by atoms with Gasteiger partial charge in [0.25, 0.3) is 5.91 Å². The lowest BCUT2D eigenvalue weighted by molar-refractivity contribution is 0.102. The molecule has 2 aromatic rings. The molecule has 2 rings (SSSR count). The summed E-state index contributed by atoms with van der Waals surface area (Å²) in [6.45, 7) is 1.88. The van der Waals surface area contributed by atoms with Crippen molar-refractivity contribution in [1.29, 1.82) is 0 Å². The quantitative estimate of drug-likeness (QED) is 0.584. The maximum absolute atomic E-state index is 12.3. The van der Waals surface area contributed by atoms with Crippen LogP contribution >= 0.6 is 15.9 Å². The van der Waals surface area contributed by atoms with Crippen molar-refractivity contribution in [3.63, 3.8) is 0 Å². The highest BCUT2D eigenvalue weighted by atomic mass is 79.9. The van der Waals surface area contributed by atoms with E-state index in [1.807, 2.05) is 13.0 Å². The smallest absolute Gasteiger partial charge is 0.255 e. The fraction of sp³-hybridized carbons (Fsp3) is 0.133. The molecule has 0 atom stereocenters. The largest absolute Gasteiger partial charge is 0.495 e. The third-order valence-corrected chi connectivity index (χ3v) is 3.55. The number of methoxy groups -OCH3 is 1. The molecular weight excluding hydrogens is 334 g/mol. The zero-order valence-corrected chi connectivity index (χ0v) is 13.3. The van der Waals surface area contributed by atoms with Crippen LogP contribution in [-0.4, -0.2) is 13.0 Å². The van der Waals surface area contributed by atoms with Crippen molar-refractivity contribution in [2.75, 3.05) is 17.9 Å². The Bertz CT molecular complexity index is 674. The van der Waals surface area contributed by atoms with E-state index >= 15 is 0 Å². The molecule has 2 aromatic carbocycles. The number of benzene rings is 2. The molecule has 0 aliphatic rings. The normalized spacial score (nSPS) is 10.1. The zero-order chi connectivity index (χ0) is 15.4. The van der Waals surface area contributed by atoms with Gasteiger partial charge in [-0.15, -0.1) is 0 Å². The van der Waals surface area contributed by atoms with E-state index in [1.165, 1.54) is 0 Å². The van der Waals surface area contributed by atoms with Gasteiger partial charge in [0.05, 0.1) is 18.5 Å². The van der Waals surface area contributed by atoms with E-state index in [4.69, 9.17) is 10.6 Å². The Morgan fingerprint density at radius 1 is 1.19 bits per heavy atom. The first-order valence-corrected chi connectivity index (χ1v) is 7.06. The number of hydrogen-bond donors (Lipinski definition) is 3. The summed E-state index contributed by atoms with van der Waals surface area (Å²) in [4.78, 5) is 12.3. The average Bonchev–Trinajstić information content (AvgIpc) is 2.47. The lowest BCUT2D eigenvalue weighted by Gasteiger charge is -2.12. The maximum atomic E-state index is 12.3. The number of nitrogens with one attached hydrogen (secondary N) is 2. The molecule has 0 saturated carbocycles. The van der Waals surface area contributed by atoms with Crippen molar-refractivity contribution < 1.29 is 9.53 Å². The highest BCUT2D eigenvalue weighted by Crippen LogP contribution is 2.28. The number of halogens is 1. The number of anilines is 2. The fourth-order valence-electron chi connectivity index (χ4n) is 1.94. The summed E-state index contributed by atoms with van der Waals surface area (Å²) in [6.07, 6.45) is 0. The number of nitrogens with two attached hydrogens (primary N) is 1. The summed E-state index contributed by atoms with van der Waals surface area (Å²) in [5.41, 5.74) is 5.41. The summed E-state index contributed by atoms with van der Waals surface area (Å²) in [6, 6.07) is 10.7. The van der Waals surface area contributed by atoms with Gasteiger partial charge in [0.15, 0.2) is 0 Å². The molecule has 110 valence electrons. The van der Waals surface area contributed by atoms with Gasteiger partial charge in [-0.05, 0) is 48.9 Å². The zero-order valence-electron chi connectivity index (χ0n) is 11.7. The van der Waals surface area contributed by atoms with Crippen LogP contribution in [0.1, 0.15) is 15.9 Å². The Morgan fingerprint density at radius 2 is 1.95 bits per heavy atom. The van der Waals surface area contributed by atoms with Gasteiger partial charge in [-0.1, -0.05) is 15.9 Å². The maximum Gasteiger partial charge on any atom is 0.255 e. The molecule has 0 unspecified atom stereocenters. The molecule has 0 spiro atoms. The number of nitrogen functional groups attached to an aromatic ring is 1. The second kappa shape index (κ2) is 6.60. The highest BCUT2D eigenvalue weighted by Gasteiger charge is 2.11. The lowest BCUT2D eigenvalue weighted by Crippen LogP contribution is -2.14. The minimum atomic E-state index is -0.210. The van der Waals surface area contributed by atoms with Gasteiger partial charge < -0.3 is 15.5 Å². The van der Waals surface area contributed by atoms with Gasteiger partial charge in [-0.3, -0.25) is 10.6 Å². The molecular formula is C15H16BrN3O2. The molecule has 1 amide bonds. The Balaban J connectivity index is 2.26. The highest BCUT2D eigenvalue weighted by molar-refractivity contribution is 9.10. The van der Waals surface area contributed by atoms with Crippen LogP contribution in [0.25, 0.3) is 0 Å². The van der Waals surface area contributed by atoms with Crippen molar-refractivity contribution >= 4 is 33.2 Å². The van der Waals surface area contributed by atoms with Crippen LogP contribution in [0.2, 0.25) is 0 Å². The molecule has 0 radical (unpaired) electrons. The molecule has 0 aliphatic heterocycles. The predicted molar refractivity (Wildman–Crippen MR) is 87.6 cm³/mol. The van der Waals surface area contributed by atoms with Crippen LogP contribution in [0, 0.1) is 6.92 Å². The van der Waals surface area contributed by atoms with E-state index < -0.39 is 0 Å². The van der Waals surface area contributed by atoms with Crippen LogP contribution in [0.4, 0.5) is 11.4 Å². The van der Waals surface area contributed by atoms with Gasteiger partial charge in [-0.25, -0.2) is 0 Å². The van der Waals surface area contributed by atoms with Gasteiger partial charge in [0.2, 0.25) is 0 Å². The first kappa shape index (κ1) is 15.3. The number of hydrazine groups is 1. The first-order valence-electron chi connectivity index (χ1n) is 6.27. The molecule has 0 aromatic heterocycles. The predicted octanol–water partition coefficient (Wildman–Crippen LogP) is 3.30. The summed E-state index contributed by atoms with van der Waals surface area (Å²) in [5.74, 6) is 5.77. The third-order valence-electron chi connectivity index (χ3n) is 3.05. The molecule has 0 heterocycles. The summed E-state index contributed by atoms with van der Waals surface area (Å²) in [5, 5.41) is 2.84. The Morgan fingerprint density at radius 3 is 2.57 bits per heavy atom. The topological polar surface area (TPSA) is 76.4 Å². The number of aryl methyl sites for hydroxylation is 1. The van der Waals surface area contributed by atoms with Crippen LogP contribution in [0.15, 0.2) is 40.9 Å². The second-order valence-electron chi connectivity index (χ2n) is 4.47. The van der Waals surface area contributed by atoms with E-state index in [0.29, 0.717) is 17.0 Å². The average molecular weight is 350 g/mol. The molecule has 0 aliphatic carbocycles. The van der Waals surface area contributed by atoms with Gasteiger partial charge in [0.1, 0.15) is 5.75 Å². The van der Waals surface area contributed by atoms with Gasteiger partial charge in [0, 0.05) is 10.0 Å². The van der Waals surface area contributed by atoms with Crippen molar-refractivity contribution in [3.05, 3.63) is 52.0 Å². The number of amides is 1. The van der Waals surface area contributed by atoms with E-state index in [2.05, 4.69) is 26.7 Å². The summed E-state index contributed by atoms with van der Waals surface area (Å²) < 4.78 is 6.09. The summed E-state index contributed by atoms with van der Waals surface area (Å²) in [7, 11) is 1.56. The van der Waals surface area contributed by atoms with E-state index in [1.54, 1.807) is 37.4 Å². The van der Waals surface area contributed by atoms with Crippen LogP contribution in [-0.2, 0) is 0 Å². The van der Waals surface area contributed by atoms with Gasteiger partial charge in [-0.2, -0.15) is 0 Å².